The zero-order valence-electron chi connectivity index (χ0n) is 16.1. The first kappa shape index (κ1) is 18.0. The number of aromatic amines is 1. The summed E-state index contributed by atoms with van der Waals surface area (Å²) in [6.07, 6.45) is 3.30. The smallest absolute Gasteiger partial charge is 0.227 e. The molecular formula is C20H18N8O2. The molecule has 4 aromatic rings. The van der Waals surface area contributed by atoms with E-state index in [1.165, 1.54) is 12.7 Å². The summed E-state index contributed by atoms with van der Waals surface area (Å²) in [5.41, 5.74) is 3.47. The third-order valence-electron chi connectivity index (χ3n) is 5.05. The van der Waals surface area contributed by atoms with Gasteiger partial charge < -0.3 is 15.6 Å². The molecule has 0 radical (unpaired) electrons. The third kappa shape index (κ3) is 3.08. The van der Waals surface area contributed by atoms with Crippen molar-refractivity contribution in [2.75, 3.05) is 5.32 Å². The summed E-state index contributed by atoms with van der Waals surface area (Å²) in [5.74, 6) is 0.599. The van der Waals surface area contributed by atoms with Gasteiger partial charge in [-0.3, -0.25) is 9.59 Å². The van der Waals surface area contributed by atoms with Gasteiger partial charge in [0.25, 0.3) is 0 Å². The van der Waals surface area contributed by atoms with Gasteiger partial charge in [0.05, 0.1) is 30.9 Å². The molecule has 1 aliphatic rings. The number of hydrogen-bond donors (Lipinski definition) is 3. The van der Waals surface area contributed by atoms with Gasteiger partial charge >= 0.3 is 0 Å². The van der Waals surface area contributed by atoms with E-state index >= 15 is 0 Å². The van der Waals surface area contributed by atoms with Crippen LogP contribution in [0.2, 0.25) is 0 Å². The Hall–Kier alpha value is -4.08. The Morgan fingerprint density at radius 3 is 2.90 bits per heavy atom. The quantitative estimate of drug-likeness (QED) is 0.475. The van der Waals surface area contributed by atoms with Crippen molar-refractivity contribution in [1.29, 1.82) is 0 Å². The molecule has 2 amide bonds. The fourth-order valence-electron chi connectivity index (χ4n) is 3.76. The van der Waals surface area contributed by atoms with Crippen LogP contribution in [0.25, 0.3) is 17.0 Å². The van der Waals surface area contributed by atoms with Crippen LogP contribution in [0, 0.1) is 6.92 Å². The van der Waals surface area contributed by atoms with E-state index in [0.29, 0.717) is 28.5 Å². The molecule has 3 aromatic heterocycles. The molecule has 0 fully saturated rings. The van der Waals surface area contributed by atoms with Gasteiger partial charge in [0.15, 0.2) is 11.5 Å². The predicted octanol–water partition coefficient (Wildman–Crippen LogP) is 1.59. The second kappa shape index (κ2) is 7.07. The maximum absolute atomic E-state index is 12.6. The van der Waals surface area contributed by atoms with Gasteiger partial charge in [-0.05, 0) is 12.5 Å². The first-order chi connectivity index (χ1) is 14.6. The average molecular weight is 402 g/mol. The number of imidazole rings is 1. The number of carbonyl (C=O) groups excluding carboxylic acids is 2. The number of rotatable bonds is 4. The van der Waals surface area contributed by atoms with Crippen molar-refractivity contribution in [2.24, 2.45) is 0 Å². The number of hydrogen-bond acceptors (Lipinski definition) is 6. The van der Waals surface area contributed by atoms with E-state index in [0.717, 1.165) is 11.1 Å². The van der Waals surface area contributed by atoms with Gasteiger partial charge in [0, 0.05) is 5.56 Å². The Labute approximate surface area is 170 Å². The summed E-state index contributed by atoms with van der Waals surface area (Å²) in [4.78, 5) is 40.6. The van der Waals surface area contributed by atoms with Crippen LogP contribution in [0.3, 0.4) is 0 Å². The lowest BCUT2D eigenvalue weighted by Crippen LogP contribution is -2.36. The SMILES string of the molecule is Cc1nn(-c2ncnc3nc[nH]c23)c2c1C(NC(=O)Cc1ccccc1)CC(=O)N2. The number of benzene rings is 1. The number of anilines is 1. The molecule has 0 spiro atoms. The maximum atomic E-state index is 12.6. The number of H-pyrrole nitrogens is 1. The molecule has 3 N–H and O–H groups in total. The van der Waals surface area contributed by atoms with Crippen LogP contribution in [0.1, 0.15) is 29.3 Å². The molecule has 0 saturated heterocycles. The molecule has 4 heterocycles. The second-order valence-corrected chi connectivity index (χ2v) is 7.09. The number of aromatic nitrogens is 6. The maximum Gasteiger partial charge on any atom is 0.227 e. The number of amides is 2. The van der Waals surface area contributed by atoms with Gasteiger partial charge in [-0.25, -0.2) is 15.0 Å². The fraction of sp³-hybridized carbons (Fsp3) is 0.200. The van der Waals surface area contributed by atoms with Crippen molar-refractivity contribution in [3.63, 3.8) is 0 Å². The highest BCUT2D eigenvalue weighted by molar-refractivity contribution is 5.95. The summed E-state index contributed by atoms with van der Waals surface area (Å²) >= 11 is 0. The van der Waals surface area contributed by atoms with Crippen LogP contribution in [-0.4, -0.2) is 41.5 Å². The summed E-state index contributed by atoms with van der Waals surface area (Å²) < 4.78 is 1.56. The Morgan fingerprint density at radius 2 is 2.07 bits per heavy atom. The monoisotopic (exact) mass is 402 g/mol. The van der Waals surface area contributed by atoms with Crippen molar-refractivity contribution in [3.05, 3.63) is 59.8 Å². The minimum absolute atomic E-state index is 0.142. The van der Waals surface area contributed by atoms with Gasteiger partial charge in [-0.15, -0.1) is 0 Å². The van der Waals surface area contributed by atoms with Gasteiger partial charge in [-0.2, -0.15) is 9.78 Å². The number of nitrogens with zero attached hydrogens (tertiary/aromatic N) is 5. The molecule has 10 nitrogen and oxygen atoms in total. The lowest BCUT2D eigenvalue weighted by atomic mass is 9.99. The molecule has 1 atom stereocenters. The molecular weight excluding hydrogens is 384 g/mol. The van der Waals surface area contributed by atoms with E-state index in [2.05, 4.69) is 35.7 Å². The van der Waals surface area contributed by atoms with Crippen molar-refractivity contribution in [3.8, 4) is 5.82 Å². The standard InChI is InChI=1S/C20H18N8O2/c1-11-16-13(25-14(29)7-12-5-3-2-4-6-12)8-15(30)26-19(16)28(27-11)20-17-18(22-9-21-17)23-10-24-20/h2-6,9-10,13H,7-8H2,1H3,(H,25,29)(H,26,30)(H,21,22,23,24). The highest BCUT2D eigenvalue weighted by Gasteiger charge is 2.33. The topological polar surface area (TPSA) is 130 Å². The Kier molecular flexibility index (Phi) is 4.24. The Morgan fingerprint density at radius 1 is 1.23 bits per heavy atom. The molecule has 10 heteroatoms. The van der Waals surface area contributed by atoms with E-state index in [9.17, 15) is 9.59 Å². The first-order valence-electron chi connectivity index (χ1n) is 9.47. The predicted molar refractivity (Wildman–Crippen MR) is 108 cm³/mol. The fourth-order valence-corrected chi connectivity index (χ4v) is 3.76. The molecule has 30 heavy (non-hydrogen) atoms. The number of fused-ring (bicyclic) bond motifs is 2. The minimum atomic E-state index is -0.474. The molecule has 1 aromatic carbocycles. The number of nitrogens with one attached hydrogen (secondary N) is 3. The van der Waals surface area contributed by atoms with Gasteiger partial charge in [0.1, 0.15) is 17.7 Å². The van der Waals surface area contributed by atoms with Crippen LogP contribution in [0.15, 0.2) is 43.0 Å². The molecule has 1 aliphatic heterocycles. The lowest BCUT2D eigenvalue weighted by molar-refractivity contribution is -0.122. The van der Waals surface area contributed by atoms with Crippen LogP contribution in [0.5, 0.6) is 0 Å². The summed E-state index contributed by atoms with van der Waals surface area (Å²) in [7, 11) is 0. The van der Waals surface area contributed by atoms with Crippen molar-refractivity contribution >= 4 is 28.8 Å². The highest BCUT2D eigenvalue weighted by Crippen LogP contribution is 2.35. The normalized spacial score (nSPS) is 15.6. The van der Waals surface area contributed by atoms with E-state index in [-0.39, 0.29) is 24.7 Å². The van der Waals surface area contributed by atoms with Crippen LogP contribution in [0.4, 0.5) is 5.82 Å². The molecule has 0 bridgehead atoms. The average Bonchev–Trinajstić information content (AvgIpc) is 3.33. The minimum Gasteiger partial charge on any atom is -0.348 e. The zero-order valence-corrected chi connectivity index (χ0v) is 16.1. The highest BCUT2D eigenvalue weighted by atomic mass is 16.2. The number of aryl methyl sites for hydroxylation is 1. The molecule has 150 valence electrons. The number of carbonyl (C=O) groups is 2. The third-order valence-corrected chi connectivity index (χ3v) is 5.05. The molecule has 1 unspecified atom stereocenters. The van der Waals surface area contributed by atoms with E-state index in [1.54, 1.807) is 4.68 Å². The Balaban J connectivity index is 1.50. The van der Waals surface area contributed by atoms with E-state index in [4.69, 9.17) is 0 Å². The van der Waals surface area contributed by atoms with E-state index in [1.807, 2.05) is 37.3 Å². The molecule has 5 rings (SSSR count). The zero-order chi connectivity index (χ0) is 20.7. The summed E-state index contributed by atoms with van der Waals surface area (Å²) in [6.45, 7) is 1.84. The Bertz CT molecular complexity index is 1260. The molecule has 0 saturated carbocycles. The van der Waals surface area contributed by atoms with Gasteiger partial charge in [0.2, 0.25) is 11.8 Å². The summed E-state index contributed by atoms with van der Waals surface area (Å²) in [5, 5.41) is 10.4. The van der Waals surface area contributed by atoms with Crippen LogP contribution in [-0.2, 0) is 16.0 Å². The molecule has 0 aliphatic carbocycles. The van der Waals surface area contributed by atoms with Crippen LogP contribution >= 0.6 is 0 Å². The van der Waals surface area contributed by atoms with Crippen molar-refractivity contribution in [1.82, 2.24) is 35.0 Å². The van der Waals surface area contributed by atoms with Gasteiger partial charge in [-0.1, -0.05) is 30.3 Å². The first-order valence-corrected chi connectivity index (χ1v) is 9.47. The van der Waals surface area contributed by atoms with Crippen molar-refractivity contribution < 1.29 is 9.59 Å². The largest absolute Gasteiger partial charge is 0.348 e. The van der Waals surface area contributed by atoms with Crippen molar-refractivity contribution in [2.45, 2.75) is 25.8 Å². The summed E-state index contributed by atoms with van der Waals surface area (Å²) in [6, 6.07) is 9.00. The lowest BCUT2D eigenvalue weighted by Gasteiger charge is -2.24. The van der Waals surface area contributed by atoms with E-state index < -0.39 is 6.04 Å². The second-order valence-electron chi connectivity index (χ2n) is 7.09. The van der Waals surface area contributed by atoms with Crippen LogP contribution < -0.4 is 10.6 Å².